The summed E-state index contributed by atoms with van der Waals surface area (Å²) in [6.07, 6.45) is 0.349. The molecule has 60 valence electrons. The topological polar surface area (TPSA) is 49.7 Å². The molecule has 0 radical (unpaired) electrons. The van der Waals surface area contributed by atoms with E-state index >= 15 is 0 Å². The van der Waals surface area contributed by atoms with Crippen LogP contribution >= 0.6 is 0 Å². The minimum absolute atomic E-state index is 0.137. The highest BCUT2D eigenvalue weighted by Gasteiger charge is 2.26. The lowest BCUT2D eigenvalue weighted by molar-refractivity contribution is -0.121. The van der Waals surface area contributed by atoms with Gasteiger partial charge in [0, 0.05) is 6.42 Å². The smallest absolute Gasteiger partial charge is 0.103 e. The molecule has 0 bridgehead atoms. The lowest BCUT2D eigenvalue weighted by Gasteiger charge is -2.29. The Kier molecular flexibility index (Phi) is 2.65. The first-order chi connectivity index (χ1) is 4.74. The lowest BCUT2D eigenvalue weighted by atomic mass is 10.0. The van der Waals surface area contributed by atoms with Gasteiger partial charge in [-0.1, -0.05) is 6.92 Å². The highest BCUT2D eigenvalue weighted by molar-refractivity contribution is 4.76. The van der Waals surface area contributed by atoms with Crippen LogP contribution in [0.4, 0.5) is 0 Å². The Morgan fingerprint density at radius 2 is 2.10 bits per heavy atom. The number of aliphatic hydroxyl groups excluding tert-OH is 2. The van der Waals surface area contributed by atoms with Crippen molar-refractivity contribution in [3.8, 4) is 0 Å². The van der Waals surface area contributed by atoms with E-state index in [2.05, 4.69) is 0 Å². The maximum atomic E-state index is 9.15. The average Bonchev–Trinajstić information content (AvgIpc) is 1.95. The van der Waals surface area contributed by atoms with Crippen molar-refractivity contribution in [3.63, 3.8) is 0 Å². The van der Waals surface area contributed by atoms with Gasteiger partial charge in [0.25, 0.3) is 0 Å². The van der Waals surface area contributed by atoms with Crippen LogP contribution in [-0.4, -0.2) is 35.1 Å². The molecule has 10 heavy (non-hydrogen) atoms. The third-order valence-corrected chi connectivity index (χ3v) is 1.91. The van der Waals surface area contributed by atoms with Gasteiger partial charge in [0.05, 0.1) is 18.8 Å². The van der Waals surface area contributed by atoms with Crippen LogP contribution < -0.4 is 0 Å². The number of aliphatic hydroxyl groups is 2. The number of rotatable bonds is 1. The van der Waals surface area contributed by atoms with Crippen molar-refractivity contribution in [2.75, 3.05) is 6.61 Å². The summed E-state index contributed by atoms with van der Waals surface area (Å²) in [5.74, 6) is 0. The van der Waals surface area contributed by atoms with Crippen molar-refractivity contribution in [2.45, 2.75) is 38.1 Å². The normalized spacial score (nSPS) is 41.7. The molecule has 1 aliphatic rings. The van der Waals surface area contributed by atoms with Gasteiger partial charge in [-0.05, 0) is 6.42 Å². The second-order valence-electron chi connectivity index (χ2n) is 2.73. The SMILES string of the molecule is CC[C@H]1CC(O)[C@@H](O)CO1. The van der Waals surface area contributed by atoms with Crippen LogP contribution in [0.2, 0.25) is 0 Å². The standard InChI is InChI=1S/C7H14O3/c1-2-5-3-6(8)7(9)4-10-5/h5-9H,2-4H2,1H3/t5-,6?,7-/m0/s1. The van der Waals surface area contributed by atoms with Crippen molar-refractivity contribution < 1.29 is 14.9 Å². The molecule has 0 saturated carbocycles. The van der Waals surface area contributed by atoms with E-state index in [0.29, 0.717) is 6.42 Å². The van der Waals surface area contributed by atoms with Gasteiger partial charge in [0.15, 0.2) is 0 Å². The van der Waals surface area contributed by atoms with Crippen LogP contribution in [-0.2, 0) is 4.74 Å². The van der Waals surface area contributed by atoms with Gasteiger partial charge in [-0.15, -0.1) is 0 Å². The van der Waals surface area contributed by atoms with Crippen LogP contribution in [0.15, 0.2) is 0 Å². The average molecular weight is 146 g/mol. The third kappa shape index (κ3) is 1.68. The summed E-state index contributed by atoms with van der Waals surface area (Å²) in [7, 11) is 0. The monoisotopic (exact) mass is 146 g/mol. The summed E-state index contributed by atoms with van der Waals surface area (Å²) in [5.41, 5.74) is 0. The Bertz CT molecular complexity index is 105. The van der Waals surface area contributed by atoms with Gasteiger partial charge < -0.3 is 14.9 Å². The van der Waals surface area contributed by atoms with Gasteiger partial charge in [0.2, 0.25) is 0 Å². The van der Waals surface area contributed by atoms with Gasteiger partial charge in [-0.2, -0.15) is 0 Å². The Morgan fingerprint density at radius 1 is 1.40 bits per heavy atom. The van der Waals surface area contributed by atoms with Crippen molar-refractivity contribution in [3.05, 3.63) is 0 Å². The summed E-state index contributed by atoms with van der Waals surface area (Å²) in [4.78, 5) is 0. The molecule has 0 aromatic heterocycles. The molecular weight excluding hydrogens is 132 g/mol. The summed E-state index contributed by atoms with van der Waals surface area (Å²) in [6, 6.07) is 0. The molecule has 0 amide bonds. The highest BCUT2D eigenvalue weighted by Crippen LogP contribution is 2.16. The fourth-order valence-electron chi connectivity index (χ4n) is 1.12. The van der Waals surface area contributed by atoms with Gasteiger partial charge in [-0.3, -0.25) is 0 Å². The predicted octanol–water partition coefficient (Wildman–Crippen LogP) is -0.0929. The minimum Gasteiger partial charge on any atom is -0.390 e. The summed E-state index contributed by atoms with van der Waals surface area (Å²) in [6.45, 7) is 2.29. The van der Waals surface area contributed by atoms with Gasteiger partial charge in [0.1, 0.15) is 6.10 Å². The second kappa shape index (κ2) is 3.32. The van der Waals surface area contributed by atoms with E-state index in [0.717, 1.165) is 6.42 Å². The molecule has 0 aromatic rings. The minimum atomic E-state index is -0.678. The van der Waals surface area contributed by atoms with Crippen LogP contribution in [0.3, 0.4) is 0 Å². The quantitative estimate of drug-likeness (QED) is 0.543. The van der Waals surface area contributed by atoms with Crippen molar-refractivity contribution >= 4 is 0 Å². The summed E-state index contributed by atoms with van der Waals surface area (Å²) >= 11 is 0. The Balaban J connectivity index is 2.33. The van der Waals surface area contributed by atoms with E-state index in [4.69, 9.17) is 14.9 Å². The fourth-order valence-corrected chi connectivity index (χ4v) is 1.12. The molecule has 1 unspecified atom stereocenters. The van der Waals surface area contributed by atoms with E-state index in [9.17, 15) is 0 Å². The number of ether oxygens (including phenoxy) is 1. The molecule has 3 nitrogen and oxygen atoms in total. The molecule has 1 heterocycles. The zero-order valence-electron chi connectivity index (χ0n) is 6.16. The fraction of sp³-hybridized carbons (Fsp3) is 1.00. The van der Waals surface area contributed by atoms with Crippen LogP contribution in [0.1, 0.15) is 19.8 Å². The zero-order chi connectivity index (χ0) is 7.56. The molecule has 0 aromatic carbocycles. The number of hydrogen-bond acceptors (Lipinski definition) is 3. The number of hydrogen-bond donors (Lipinski definition) is 2. The summed E-state index contributed by atoms with van der Waals surface area (Å²) in [5, 5.41) is 18.2. The van der Waals surface area contributed by atoms with E-state index in [-0.39, 0.29) is 12.7 Å². The molecule has 1 rings (SSSR count). The zero-order valence-corrected chi connectivity index (χ0v) is 6.16. The first-order valence-corrected chi connectivity index (χ1v) is 3.71. The van der Waals surface area contributed by atoms with Crippen molar-refractivity contribution in [1.82, 2.24) is 0 Å². The summed E-state index contributed by atoms with van der Waals surface area (Å²) < 4.78 is 5.20. The van der Waals surface area contributed by atoms with E-state index < -0.39 is 12.2 Å². The van der Waals surface area contributed by atoms with Crippen LogP contribution in [0.5, 0.6) is 0 Å². The molecule has 1 aliphatic heterocycles. The Morgan fingerprint density at radius 3 is 2.60 bits per heavy atom. The maximum absolute atomic E-state index is 9.15. The Hall–Kier alpha value is -0.120. The van der Waals surface area contributed by atoms with Crippen molar-refractivity contribution in [2.24, 2.45) is 0 Å². The third-order valence-electron chi connectivity index (χ3n) is 1.91. The first-order valence-electron chi connectivity index (χ1n) is 3.71. The van der Waals surface area contributed by atoms with E-state index in [1.165, 1.54) is 0 Å². The molecule has 1 saturated heterocycles. The van der Waals surface area contributed by atoms with Gasteiger partial charge in [-0.25, -0.2) is 0 Å². The Labute approximate surface area is 60.6 Å². The molecule has 2 N–H and O–H groups in total. The predicted molar refractivity (Wildman–Crippen MR) is 36.7 cm³/mol. The van der Waals surface area contributed by atoms with E-state index in [1.54, 1.807) is 0 Å². The second-order valence-corrected chi connectivity index (χ2v) is 2.73. The van der Waals surface area contributed by atoms with E-state index in [1.807, 2.05) is 6.92 Å². The van der Waals surface area contributed by atoms with Crippen LogP contribution in [0.25, 0.3) is 0 Å². The maximum Gasteiger partial charge on any atom is 0.103 e. The molecule has 0 spiro atoms. The molecule has 3 heteroatoms. The van der Waals surface area contributed by atoms with Gasteiger partial charge >= 0.3 is 0 Å². The van der Waals surface area contributed by atoms with Crippen LogP contribution in [0, 0.1) is 0 Å². The molecule has 0 aliphatic carbocycles. The molecule has 1 fully saturated rings. The first kappa shape index (κ1) is 7.98. The molecular formula is C7H14O3. The molecule has 3 atom stereocenters. The van der Waals surface area contributed by atoms with Crippen molar-refractivity contribution in [1.29, 1.82) is 0 Å². The lowest BCUT2D eigenvalue weighted by Crippen LogP contribution is -2.40. The highest BCUT2D eigenvalue weighted by atomic mass is 16.5. The largest absolute Gasteiger partial charge is 0.390 e.